The van der Waals surface area contributed by atoms with E-state index in [2.05, 4.69) is 9.71 Å². The van der Waals surface area contributed by atoms with E-state index in [4.69, 9.17) is 23.2 Å². The molecule has 0 aliphatic heterocycles. The van der Waals surface area contributed by atoms with E-state index in [0.29, 0.717) is 10.6 Å². The Kier molecular flexibility index (Phi) is 5.03. The fourth-order valence-corrected chi connectivity index (χ4v) is 2.72. The number of rotatable bonds is 3. The van der Waals surface area contributed by atoms with Crippen LogP contribution in [0.4, 0.5) is 13.2 Å². The van der Waals surface area contributed by atoms with Crippen LogP contribution in [0.25, 0.3) is 11.3 Å². The zero-order valence-electron chi connectivity index (χ0n) is 10.6. The Bertz CT molecular complexity index is 662. The summed E-state index contributed by atoms with van der Waals surface area (Å²) in [5, 5.41) is 0.466. The minimum atomic E-state index is -4.47. The topological polar surface area (TPSA) is 24.9 Å². The monoisotopic (exact) mass is 352 g/mol. The lowest BCUT2D eigenvalue weighted by Crippen LogP contribution is -2.05. The largest absolute Gasteiger partial charge is 0.417 e. The van der Waals surface area contributed by atoms with Crippen molar-refractivity contribution in [2.75, 3.05) is 7.05 Å². The van der Waals surface area contributed by atoms with Gasteiger partial charge in [0.05, 0.1) is 21.3 Å². The van der Waals surface area contributed by atoms with Gasteiger partial charge in [-0.25, -0.2) is 0 Å². The van der Waals surface area contributed by atoms with Crippen molar-refractivity contribution < 1.29 is 13.2 Å². The van der Waals surface area contributed by atoms with Crippen molar-refractivity contribution in [2.45, 2.75) is 11.1 Å². The molecule has 2 rings (SSSR count). The number of pyridine rings is 1. The summed E-state index contributed by atoms with van der Waals surface area (Å²) < 4.78 is 40.7. The van der Waals surface area contributed by atoms with E-state index in [1.165, 1.54) is 11.9 Å². The highest BCUT2D eigenvalue weighted by atomic mass is 35.5. The van der Waals surface area contributed by atoms with Gasteiger partial charge in [0.15, 0.2) is 0 Å². The molecule has 2 nitrogen and oxygen atoms in total. The Labute approximate surface area is 133 Å². The summed E-state index contributed by atoms with van der Waals surface area (Å²) in [6.45, 7) is 0. The molecule has 1 aromatic carbocycles. The number of hydrogen-bond acceptors (Lipinski definition) is 3. The molecule has 0 atom stereocenters. The third kappa shape index (κ3) is 3.83. The maximum Gasteiger partial charge on any atom is 0.417 e. The van der Waals surface area contributed by atoms with Crippen molar-refractivity contribution >= 4 is 35.1 Å². The second-order valence-corrected chi connectivity index (χ2v) is 5.87. The highest BCUT2D eigenvalue weighted by molar-refractivity contribution is 7.97. The standard InChI is InChI=1S/C13H9Cl2F3N2S/c1-19-21-11-4-7(2-3-9(11)14)12-10(15)5-8(6-20-12)13(16,17)18/h2-6,19H,1H3. The van der Waals surface area contributed by atoms with E-state index in [9.17, 15) is 13.2 Å². The quantitative estimate of drug-likeness (QED) is 0.758. The van der Waals surface area contributed by atoms with E-state index in [-0.39, 0.29) is 10.7 Å². The average molecular weight is 353 g/mol. The molecule has 0 aliphatic rings. The van der Waals surface area contributed by atoms with Crippen LogP contribution < -0.4 is 4.72 Å². The van der Waals surface area contributed by atoms with E-state index in [1.54, 1.807) is 25.2 Å². The number of hydrogen-bond donors (Lipinski definition) is 1. The van der Waals surface area contributed by atoms with Crippen LogP contribution in [-0.4, -0.2) is 12.0 Å². The molecular weight excluding hydrogens is 344 g/mol. The molecule has 0 radical (unpaired) electrons. The first-order valence-corrected chi connectivity index (χ1v) is 7.26. The van der Waals surface area contributed by atoms with Crippen LogP contribution in [0.3, 0.4) is 0 Å². The maximum absolute atomic E-state index is 12.6. The summed E-state index contributed by atoms with van der Waals surface area (Å²) in [5.74, 6) is 0. The van der Waals surface area contributed by atoms with E-state index in [0.717, 1.165) is 17.2 Å². The molecule has 1 aromatic heterocycles. The zero-order chi connectivity index (χ0) is 15.6. The number of nitrogens with one attached hydrogen (secondary N) is 1. The molecule has 0 amide bonds. The van der Waals surface area contributed by atoms with Gasteiger partial charge in [0.2, 0.25) is 0 Å². The van der Waals surface area contributed by atoms with E-state index < -0.39 is 11.7 Å². The van der Waals surface area contributed by atoms with Gasteiger partial charge in [0.1, 0.15) is 0 Å². The van der Waals surface area contributed by atoms with E-state index >= 15 is 0 Å². The first kappa shape index (κ1) is 16.4. The first-order chi connectivity index (χ1) is 9.82. The summed E-state index contributed by atoms with van der Waals surface area (Å²) in [4.78, 5) is 4.55. The molecule has 0 fully saturated rings. The van der Waals surface area contributed by atoms with Gasteiger partial charge in [-0.1, -0.05) is 29.3 Å². The van der Waals surface area contributed by atoms with Crippen LogP contribution in [0.15, 0.2) is 35.4 Å². The summed E-state index contributed by atoms with van der Waals surface area (Å²) in [5.41, 5.74) is -0.00908. The highest BCUT2D eigenvalue weighted by Crippen LogP contribution is 2.36. The molecule has 1 N–H and O–H groups in total. The SMILES string of the molecule is CNSc1cc(-c2ncc(C(F)(F)F)cc2Cl)ccc1Cl. The Morgan fingerprint density at radius 2 is 1.86 bits per heavy atom. The molecule has 2 aromatic rings. The van der Waals surface area contributed by atoms with Crippen LogP contribution >= 0.6 is 35.1 Å². The van der Waals surface area contributed by atoms with Crippen molar-refractivity contribution in [3.8, 4) is 11.3 Å². The van der Waals surface area contributed by atoms with Crippen LogP contribution in [-0.2, 0) is 6.18 Å². The van der Waals surface area contributed by atoms with Crippen LogP contribution in [0.2, 0.25) is 10.0 Å². The maximum atomic E-state index is 12.6. The third-order valence-electron chi connectivity index (χ3n) is 2.59. The minimum Gasteiger partial charge on any atom is -0.263 e. The van der Waals surface area contributed by atoms with Gasteiger partial charge in [-0.05, 0) is 37.2 Å². The third-order valence-corrected chi connectivity index (χ3v) is 4.08. The predicted molar refractivity (Wildman–Crippen MR) is 79.6 cm³/mol. The number of aromatic nitrogens is 1. The van der Waals surface area contributed by atoms with Crippen LogP contribution in [0.1, 0.15) is 5.56 Å². The second kappa shape index (κ2) is 6.44. The fourth-order valence-electron chi connectivity index (χ4n) is 1.64. The molecule has 0 spiro atoms. The lowest BCUT2D eigenvalue weighted by Gasteiger charge is -2.10. The predicted octanol–water partition coefficient (Wildman–Crippen LogP) is 5.30. The molecule has 0 saturated heterocycles. The molecular formula is C13H9Cl2F3N2S. The van der Waals surface area contributed by atoms with Crippen LogP contribution in [0.5, 0.6) is 0 Å². The number of benzene rings is 1. The Hall–Kier alpha value is -0.950. The summed E-state index contributed by atoms with van der Waals surface area (Å²) in [6, 6.07) is 5.88. The van der Waals surface area contributed by atoms with Crippen molar-refractivity contribution in [3.05, 3.63) is 46.1 Å². The van der Waals surface area contributed by atoms with Gasteiger partial charge in [-0.15, -0.1) is 0 Å². The van der Waals surface area contributed by atoms with Crippen molar-refractivity contribution in [1.29, 1.82) is 0 Å². The van der Waals surface area contributed by atoms with Gasteiger partial charge < -0.3 is 0 Å². The average Bonchev–Trinajstić information content (AvgIpc) is 2.40. The summed E-state index contributed by atoms with van der Waals surface area (Å²) in [6.07, 6.45) is -3.71. The van der Waals surface area contributed by atoms with Gasteiger partial charge in [0.25, 0.3) is 0 Å². The number of halogens is 5. The van der Waals surface area contributed by atoms with Crippen molar-refractivity contribution in [3.63, 3.8) is 0 Å². The van der Waals surface area contributed by atoms with Gasteiger partial charge in [-0.3, -0.25) is 9.71 Å². The second-order valence-electron chi connectivity index (χ2n) is 4.00. The summed E-state index contributed by atoms with van der Waals surface area (Å²) >= 11 is 13.2. The first-order valence-electron chi connectivity index (χ1n) is 5.69. The molecule has 0 aliphatic carbocycles. The lowest BCUT2D eigenvalue weighted by atomic mass is 10.1. The fraction of sp³-hybridized carbons (Fsp3) is 0.154. The Morgan fingerprint density at radius 3 is 2.43 bits per heavy atom. The molecule has 0 unspecified atom stereocenters. The normalized spacial score (nSPS) is 11.7. The van der Waals surface area contributed by atoms with Gasteiger partial charge >= 0.3 is 6.18 Å². The van der Waals surface area contributed by atoms with Gasteiger partial charge in [0, 0.05) is 16.7 Å². The van der Waals surface area contributed by atoms with Crippen molar-refractivity contribution in [2.24, 2.45) is 0 Å². The minimum absolute atomic E-state index is 0.0624. The molecule has 0 bridgehead atoms. The van der Waals surface area contributed by atoms with E-state index in [1.807, 2.05) is 0 Å². The number of alkyl halides is 3. The van der Waals surface area contributed by atoms with Gasteiger partial charge in [-0.2, -0.15) is 13.2 Å². The Balaban J connectivity index is 2.45. The molecule has 1 heterocycles. The van der Waals surface area contributed by atoms with Crippen LogP contribution in [0, 0.1) is 0 Å². The molecule has 112 valence electrons. The Morgan fingerprint density at radius 1 is 1.14 bits per heavy atom. The summed E-state index contributed by atoms with van der Waals surface area (Å²) in [7, 11) is 1.73. The zero-order valence-corrected chi connectivity index (χ0v) is 13.0. The smallest absolute Gasteiger partial charge is 0.263 e. The molecule has 21 heavy (non-hydrogen) atoms. The van der Waals surface area contributed by atoms with Crippen molar-refractivity contribution in [1.82, 2.24) is 9.71 Å². The molecule has 8 heteroatoms. The molecule has 0 saturated carbocycles. The lowest BCUT2D eigenvalue weighted by molar-refractivity contribution is -0.137. The highest BCUT2D eigenvalue weighted by Gasteiger charge is 2.31. The number of nitrogens with zero attached hydrogens (tertiary/aromatic N) is 1.